The van der Waals surface area contributed by atoms with Crippen LogP contribution in [0.25, 0.3) is 0 Å². The predicted molar refractivity (Wildman–Crippen MR) is 103 cm³/mol. The molecular weight excluding hydrogens is 330 g/mol. The highest BCUT2D eigenvalue weighted by Gasteiger charge is 2.18. The van der Waals surface area contributed by atoms with Gasteiger partial charge in [-0.05, 0) is 24.3 Å². The van der Waals surface area contributed by atoms with Crippen molar-refractivity contribution in [3.8, 4) is 0 Å². The molecule has 6 nitrogen and oxygen atoms in total. The third kappa shape index (κ3) is 4.40. The largest absolute Gasteiger partial charge is 0.378 e. The summed E-state index contributed by atoms with van der Waals surface area (Å²) in [5, 5.41) is 2.88. The summed E-state index contributed by atoms with van der Waals surface area (Å²) in [6, 6.07) is 16.9. The summed E-state index contributed by atoms with van der Waals surface area (Å²) >= 11 is 0. The number of carbonyl (C=O) groups is 2. The summed E-state index contributed by atoms with van der Waals surface area (Å²) in [4.78, 5) is 28.4. The van der Waals surface area contributed by atoms with E-state index in [0.29, 0.717) is 13.2 Å². The summed E-state index contributed by atoms with van der Waals surface area (Å²) < 4.78 is 5.38. The van der Waals surface area contributed by atoms with Crippen molar-refractivity contribution in [1.29, 1.82) is 0 Å². The molecule has 136 valence electrons. The second-order valence-electron chi connectivity index (χ2n) is 6.13. The van der Waals surface area contributed by atoms with Crippen LogP contribution < -0.4 is 15.1 Å². The normalized spacial score (nSPS) is 14.0. The number of para-hydroxylation sites is 3. The molecular formula is C20H23N3O3. The van der Waals surface area contributed by atoms with Crippen LogP contribution in [0.3, 0.4) is 0 Å². The van der Waals surface area contributed by atoms with Gasteiger partial charge in [0.2, 0.25) is 11.8 Å². The Morgan fingerprint density at radius 1 is 1.04 bits per heavy atom. The van der Waals surface area contributed by atoms with E-state index in [9.17, 15) is 9.59 Å². The molecule has 0 spiro atoms. The van der Waals surface area contributed by atoms with Crippen LogP contribution in [-0.2, 0) is 14.3 Å². The molecule has 0 unspecified atom stereocenters. The predicted octanol–water partition coefficient (Wildman–Crippen LogP) is 2.51. The maximum absolute atomic E-state index is 12.4. The number of rotatable bonds is 5. The van der Waals surface area contributed by atoms with Crippen molar-refractivity contribution in [2.75, 3.05) is 48.5 Å². The van der Waals surface area contributed by atoms with Gasteiger partial charge < -0.3 is 19.9 Å². The van der Waals surface area contributed by atoms with Crippen LogP contribution >= 0.6 is 0 Å². The van der Waals surface area contributed by atoms with Crippen molar-refractivity contribution in [1.82, 2.24) is 0 Å². The Kier molecular flexibility index (Phi) is 5.86. The van der Waals surface area contributed by atoms with Gasteiger partial charge in [-0.2, -0.15) is 0 Å². The molecule has 1 fully saturated rings. The van der Waals surface area contributed by atoms with E-state index in [2.05, 4.69) is 10.2 Å². The minimum Gasteiger partial charge on any atom is -0.378 e. The zero-order valence-electron chi connectivity index (χ0n) is 14.9. The van der Waals surface area contributed by atoms with Crippen molar-refractivity contribution in [2.24, 2.45) is 0 Å². The molecule has 1 N–H and O–H groups in total. The molecule has 0 bridgehead atoms. The summed E-state index contributed by atoms with van der Waals surface area (Å²) in [6.45, 7) is 2.90. The lowest BCUT2D eigenvalue weighted by Crippen LogP contribution is -2.37. The highest BCUT2D eigenvalue weighted by atomic mass is 16.5. The fraction of sp³-hybridized carbons (Fsp3) is 0.300. The van der Waals surface area contributed by atoms with Crippen molar-refractivity contribution in [2.45, 2.75) is 6.42 Å². The lowest BCUT2D eigenvalue weighted by Gasteiger charge is -2.30. The van der Waals surface area contributed by atoms with E-state index in [-0.39, 0.29) is 18.2 Å². The SMILES string of the molecule is CN(C(=O)CC(=O)Nc1ccccc1N1CCOCC1)c1ccccc1. The van der Waals surface area contributed by atoms with E-state index in [0.717, 1.165) is 30.2 Å². The number of benzene rings is 2. The number of anilines is 3. The van der Waals surface area contributed by atoms with Crippen LogP contribution in [0.1, 0.15) is 6.42 Å². The minimum atomic E-state index is -0.321. The molecule has 6 heteroatoms. The van der Waals surface area contributed by atoms with Crippen molar-refractivity contribution in [3.05, 3.63) is 54.6 Å². The number of nitrogens with one attached hydrogen (secondary N) is 1. The molecule has 0 atom stereocenters. The van der Waals surface area contributed by atoms with Crippen LogP contribution in [0.4, 0.5) is 17.1 Å². The standard InChI is InChI=1S/C20H23N3O3/c1-22(16-7-3-2-4-8-16)20(25)15-19(24)21-17-9-5-6-10-18(17)23-11-13-26-14-12-23/h2-10H,11-15H2,1H3,(H,21,24). The molecule has 0 aromatic heterocycles. The quantitative estimate of drug-likeness (QED) is 0.839. The zero-order chi connectivity index (χ0) is 18.4. The third-order valence-electron chi connectivity index (χ3n) is 4.36. The number of morpholine rings is 1. The summed E-state index contributed by atoms with van der Waals surface area (Å²) in [5.41, 5.74) is 2.43. The monoisotopic (exact) mass is 353 g/mol. The number of ether oxygens (including phenoxy) is 1. The Labute approximate surface area is 153 Å². The maximum Gasteiger partial charge on any atom is 0.236 e. The number of nitrogens with zero attached hydrogens (tertiary/aromatic N) is 2. The lowest BCUT2D eigenvalue weighted by atomic mass is 10.2. The number of carbonyl (C=O) groups excluding carboxylic acids is 2. The molecule has 0 saturated carbocycles. The minimum absolute atomic E-state index is 0.206. The van der Waals surface area contributed by atoms with E-state index in [1.165, 1.54) is 4.90 Å². The van der Waals surface area contributed by atoms with Crippen LogP contribution in [0.15, 0.2) is 54.6 Å². The van der Waals surface area contributed by atoms with E-state index < -0.39 is 0 Å². The van der Waals surface area contributed by atoms with Gasteiger partial charge in [0.25, 0.3) is 0 Å². The Hall–Kier alpha value is -2.86. The van der Waals surface area contributed by atoms with Gasteiger partial charge in [0.15, 0.2) is 0 Å². The van der Waals surface area contributed by atoms with Crippen molar-refractivity contribution in [3.63, 3.8) is 0 Å². The van der Waals surface area contributed by atoms with Crippen molar-refractivity contribution < 1.29 is 14.3 Å². The molecule has 1 heterocycles. The first kappa shape index (κ1) is 17.9. The van der Waals surface area contributed by atoms with Gasteiger partial charge in [-0.15, -0.1) is 0 Å². The van der Waals surface area contributed by atoms with Gasteiger partial charge in [-0.1, -0.05) is 30.3 Å². The highest BCUT2D eigenvalue weighted by molar-refractivity contribution is 6.09. The average Bonchev–Trinajstić information content (AvgIpc) is 2.69. The average molecular weight is 353 g/mol. The van der Waals surface area contributed by atoms with Gasteiger partial charge in [0.05, 0.1) is 24.6 Å². The fourth-order valence-electron chi connectivity index (χ4n) is 2.91. The molecule has 0 aliphatic carbocycles. The highest BCUT2D eigenvalue weighted by Crippen LogP contribution is 2.26. The fourth-order valence-corrected chi connectivity index (χ4v) is 2.91. The second kappa shape index (κ2) is 8.49. The molecule has 1 aliphatic heterocycles. The molecule has 1 saturated heterocycles. The number of hydrogen-bond donors (Lipinski definition) is 1. The maximum atomic E-state index is 12.4. The Morgan fingerprint density at radius 3 is 2.42 bits per heavy atom. The number of hydrogen-bond acceptors (Lipinski definition) is 4. The molecule has 3 rings (SSSR count). The Balaban J connectivity index is 1.64. The summed E-state index contributed by atoms with van der Waals surface area (Å²) in [6.07, 6.45) is -0.206. The number of amides is 2. The third-order valence-corrected chi connectivity index (χ3v) is 4.36. The molecule has 1 aliphatic rings. The van der Waals surface area contributed by atoms with E-state index >= 15 is 0 Å². The summed E-state index contributed by atoms with van der Waals surface area (Å²) in [5.74, 6) is -0.573. The molecule has 2 aromatic rings. The van der Waals surface area contributed by atoms with Gasteiger partial charge in [0.1, 0.15) is 6.42 Å². The first-order valence-corrected chi connectivity index (χ1v) is 8.68. The first-order chi connectivity index (χ1) is 12.6. The van der Waals surface area contributed by atoms with E-state index in [1.807, 2.05) is 54.6 Å². The van der Waals surface area contributed by atoms with Gasteiger partial charge in [0, 0.05) is 25.8 Å². The van der Waals surface area contributed by atoms with Crippen molar-refractivity contribution >= 4 is 28.9 Å². The zero-order valence-corrected chi connectivity index (χ0v) is 14.9. The topological polar surface area (TPSA) is 61.9 Å². The summed E-state index contributed by atoms with van der Waals surface area (Å²) in [7, 11) is 1.67. The van der Waals surface area contributed by atoms with Crippen LogP contribution in [-0.4, -0.2) is 45.2 Å². The Bertz CT molecular complexity index is 758. The van der Waals surface area contributed by atoms with Crippen LogP contribution in [0.2, 0.25) is 0 Å². The van der Waals surface area contributed by atoms with E-state index in [4.69, 9.17) is 4.74 Å². The molecule has 26 heavy (non-hydrogen) atoms. The van der Waals surface area contributed by atoms with E-state index in [1.54, 1.807) is 7.05 Å². The van der Waals surface area contributed by atoms with Gasteiger partial charge >= 0.3 is 0 Å². The Morgan fingerprint density at radius 2 is 1.69 bits per heavy atom. The van der Waals surface area contributed by atoms with Crippen LogP contribution in [0, 0.1) is 0 Å². The molecule has 2 aromatic carbocycles. The molecule has 2 amide bonds. The van der Waals surface area contributed by atoms with Crippen LogP contribution in [0.5, 0.6) is 0 Å². The smallest absolute Gasteiger partial charge is 0.236 e. The van der Waals surface area contributed by atoms with Gasteiger partial charge in [-0.3, -0.25) is 9.59 Å². The lowest BCUT2D eigenvalue weighted by molar-refractivity contribution is -0.125. The molecule has 0 radical (unpaired) electrons. The second-order valence-corrected chi connectivity index (χ2v) is 6.13. The first-order valence-electron chi connectivity index (χ1n) is 8.68. The van der Waals surface area contributed by atoms with Gasteiger partial charge in [-0.25, -0.2) is 0 Å².